The van der Waals surface area contributed by atoms with Gasteiger partial charge in [-0.05, 0) is 61.9 Å². The molecule has 3 N–H and O–H groups in total. The first-order valence-corrected chi connectivity index (χ1v) is 13.3. The van der Waals surface area contributed by atoms with Crippen molar-refractivity contribution in [2.45, 2.75) is 58.1 Å². The molecule has 40 heavy (non-hydrogen) atoms. The highest BCUT2D eigenvalue weighted by Crippen LogP contribution is 2.23. The SMILES string of the molecule is CCCN(CCC)c1cc(C(=O)NC(Cc2cc(F)cc(F)c2)C(O)CCc2cn[nH]n2)cc(-c2ncco2)n1. The molecule has 12 heteroatoms. The van der Waals surface area contributed by atoms with Crippen molar-refractivity contribution in [3.63, 3.8) is 0 Å². The van der Waals surface area contributed by atoms with E-state index in [1.54, 1.807) is 18.3 Å². The molecule has 1 amide bonds. The zero-order valence-corrected chi connectivity index (χ0v) is 22.5. The number of carbonyl (C=O) groups is 1. The number of anilines is 1. The highest BCUT2D eigenvalue weighted by molar-refractivity contribution is 5.96. The smallest absolute Gasteiger partial charge is 0.251 e. The van der Waals surface area contributed by atoms with Crippen molar-refractivity contribution in [1.29, 1.82) is 0 Å². The lowest BCUT2D eigenvalue weighted by Crippen LogP contribution is -2.45. The number of amides is 1. The molecule has 0 saturated carbocycles. The molecule has 0 fully saturated rings. The molecular weight excluding hydrogens is 520 g/mol. The van der Waals surface area contributed by atoms with Gasteiger partial charge in [0.15, 0.2) is 0 Å². The topological polar surface area (TPSA) is 133 Å². The van der Waals surface area contributed by atoms with Crippen molar-refractivity contribution in [3.05, 3.63) is 77.4 Å². The van der Waals surface area contributed by atoms with Crippen LogP contribution in [-0.4, -0.2) is 61.6 Å². The number of nitrogens with zero attached hydrogens (tertiary/aromatic N) is 5. The number of carbonyl (C=O) groups excluding carboxylic acids is 1. The van der Waals surface area contributed by atoms with E-state index in [4.69, 9.17) is 9.40 Å². The highest BCUT2D eigenvalue weighted by atomic mass is 19.1. The van der Waals surface area contributed by atoms with Crippen LogP contribution in [0.15, 0.2) is 53.4 Å². The van der Waals surface area contributed by atoms with E-state index in [0.717, 1.165) is 32.0 Å². The van der Waals surface area contributed by atoms with E-state index in [0.29, 0.717) is 29.2 Å². The van der Waals surface area contributed by atoms with Crippen molar-refractivity contribution in [3.8, 4) is 11.6 Å². The van der Waals surface area contributed by atoms with E-state index in [-0.39, 0.29) is 24.3 Å². The van der Waals surface area contributed by atoms with Crippen LogP contribution in [0, 0.1) is 11.6 Å². The molecule has 4 rings (SSSR count). The second-order valence-corrected chi connectivity index (χ2v) is 9.55. The number of aromatic nitrogens is 5. The van der Waals surface area contributed by atoms with Crippen LogP contribution >= 0.6 is 0 Å². The number of aliphatic hydroxyl groups is 1. The van der Waals surface area contributed by atoms with Crippen molar-refractivity contribution in [2.75, 3.05) is 18.0 Å². The van der Waals surface area contributed by atoms with E-state index in [1.165, 1.54) is 24.6 Å². The highest BCUT2D eigenvalue weighted by Gasteiger charge is 2.25. The Morgan fingerprint density at radius 3 is 2.50 bits per heavy atom. The van der Waals surface area contributed by atoms with Gasteiger partial charge in [0.25, 0.3) is 5.91 Å². The molecule has 0 bridgehead atoms. The summed E-state index contributed by atoms with van der Waals surface area (Å²) < 4.78 is 33.3. The minimum Gasteiger partial charge on any atom is -0.443 e. The number of hydrogen-bond acceptors (Lipinski definition) is 8. The van der Waals surface area contributed by atoms with Crippen LogP contribution in [0.1, 0.15) is 54.7 Å². The Balaban J connectivity index is 1.63. The number of rotatable bonds is 14. The van der Waals surface area contributed by atoms with Crippen LogP contribution in [0.25, 0.3) is 11.6 Å². The van der Waals surface area contributed by atoms with Crippen LogP contribution in [-0.2, 0) is 12.8 Å². The van der Waals surface area contributed by atoms with Crippen molar-refractivity contribution in [1.82, 2.24) is 30.7 Å². The fraction of sp³-hybridized carbons (Fsp3) is 0.393. The maximum Gasteiger partial charge on any atom is 0.251 e. The van der Waals surface area contributed by atoms with E-state index in [2.05, 4.69) is 44.5 Å². The monoisotopic (exact) mass is 553 g/mol. The van der Waals surface area contributed by atoms with E-state index in [9.17, 15) is 18.7 Å². The van der Waals surface area contributed by atoms with Gasteiger partial charge in [-0.2, -0.15) is 15.4 Å². The molecule has 0 spiro atoms. The number of hydrogen-bond donors (Lipinski definition) is 3. The Kier molecular flexibility index (Phi) is 9.90. The van der Waals surface area contributed by atoms with Gasteiger partial charge in [0.1, 0.15) is 29.4 Å². The summed E-state index contributed by atoms with van der Waals surface area (Å²) in [6.07, 6.45) is 5.82. The molecule has 3 heterocycles. The predicted octanol–water partition coefficient (Wildman–Crippen LogP) is 4.09. The second kappa shape index (κ2) is 13.7. The van der Waals surface area contributed by atoms with E-state index >= 15 is 0 Å². The second-order valence-electron chi connectivity index (χ2n) is 9.55. The summed E-state index contributed by atoms with van der Waals surface area (Å²) in [6.45, 7) is 5.61. The average Bonchev–Trinajstić information content (AvgIpc) is 3.65. The molecule has 4 aromatic rings. The first kappa shape index (κ1) is 28.8. The Morgan fingerprint density at radius 1 is 1.12 bits per heavy atom. The van der Waals surface area contributed by atoms with Crippen molar-refractivity contribution in [2.24, 2.45) is 0 Å². The number of aryl methyl sites for hydroxylation is 1. The van der Waals surface area contributed by atoms with Gasteiger partial charge in [0, 0.05) is 24.7 Å². The van der Waals surface area contributed by atoms with Gasteiger partial charge in [-0.25, -0.2) is 18.7 Å². The van der Waals surface area contributed by atoms with Crippen molar-refractivity contribution < 1.29 is 23.1 Å². The molecule has 0 radical (unpaired) electrons. The molecule has 212 valence electrons. The first-order valence-electron chi connectivity index (χ1n) is 13.3. The lowest BCUT2D eigenvalue weighted by atomic mass is 9.97. The lowest BCUT2D eigenvalue weighted by molar-refractivity contribution is 0.0814. The summed E-state index contributed by atoms with van der Waals surface area (Å²) in [7, 11) is 0. The van der Waals surface area contributed by atoms with Gasteiger partial charge in [-0.1, -0.05) is 13.8 Å². The summed E-state index contributed by atoms with van der Waals surface area (Å²) in [5.41, 5.74) is 1.62. The molecule has 1 aromatic carbocycles. The van der Waals surface area contributed by atoms with Crippen LogP contribution < -0.4 is 10.2 Å². The zero-order valence-electron chi connectivity index (χ0n) is 22.5. The van der Waals surface area contributed by atoms with Crippen LogP contribution in [0.3, 0.4) is 0 Å². The molecule has 2 atom stereocenters. The number of halogens is 2. The standard InChI is InChI=1S/C28H33F2N7O3/c1-3-8-37(9-4-2)26-15-19(14-24(33-26)28-31-7-10-40-28)27(39)34-23(13-18-11-20(29)16-21(30)12-18)25(38)6-5-22-17-32-36-35-22/h7,10-12,14-17,23,25,38H,3-6,8-9,13H2,1-2H3,(H,34,39)(H,32,35,36). The molecule has 0 aliphatic heterocycles. The average molecular weight is 554 g/mol. The molecule has 2 unspecified atom stereocenters. The maximum absolute atomic E-state index is 13.9. The third kappa shape index (κ3) is 7.69. The fourth-order valence-electron chi connectivity index (χ4n) is 4.51. The molecular formula is C28H33F2N7O3. The number of H-pyrrole nitrogens is 1. The molecule has 0 saturated heterocycles. The Morgan fingerprint density at radius 2 is 1.88 bits per heavy atom. The summed E-state index contributed by atoms with van der Waals surface area (Å²) in [6, 6.07) is 5.55. The number of aromatic amines is 1. The molecule has 0 aliphatic carbocycles. The number of pyridine rings is 1. The minimum atomic E-state index is -1.05. The Hall–Kier alpha value is -4.19. The largest absolute Gasteiger partial charge is 0.443 e. The third-order valence-electron chi connectivity index (χ3n) is 6.36. The quantitative estimate of drug-likeness (QED) is 0.213. The summed E-state index contributed by atoms with van der Waals surface area (Å²) in [5.74, 6) is -1.09. The van der Waals surface area contributed by atoms with Gasteiger partial charge in [0.2, 0.25) is 5.89 Å². The number of aliphatic hydroxyl groups excluding tert-OH is 1. The van der Waals surface area contributed by atoms with Crippen LogP contribution in [0.4, 0.5) is 14.6 Å². The van der Waals surface area contributed by atoms with Gasteiger partial charge < -0.3 is 19.7 Å². The normalized spacial score (nSPS) is 12.7. The number of benzene rings is 1. The van der Waals surface area contributed by atoms with E-state index in [1.807, 2.05) is 0 Å². The molecule has 10 nitrogen and oxygen atoms in total. The third-order valence-corrected chi connectivity index (χ3v) is 6.36. The first-order chi connectivity index (χ1) is 19.4. The van der Waals surface area contributed by atoms with Gasteiger partial charge in [-0.15, -0.1) is 0 Å². The van der Waals surface area contributed by atoms with Crippen LogP contribution in [0.5, 0.6) is 0 Å². The number of oxazole rings is 1. The lowest BCUT2D eigenvalue weighted by Gasteiger charge is -2.26. The molecule has 0 aliphatic rings. The fourth-order valence-corrected chi connectivity index (χ4v) is 4.51. The Labute approximate surface area is 230 Å². The van der Waals surface area contributed by atoms with Gasteiger partial charge >= 0.3 is 0 Å². The summed E-state index contributed by atoms with van der Waals surface area (Å²) >= 11 is 0. The van der Waals surface area contributed by atoms with Crippen molar-refractivity contribution >= 4 is 11.7 Å². The zero-order chi connectivity index (χ0) is 28.5. The number of nitrogens with one attached hydrogen (secondary N) is 2. The van der Waals surface area contributed by atoms with Gasteiger partial charge in [0.05, 0.1) is 30.2 Å². The Bertz CT molecular complexity index is 1340. The summed E-state index contributed by atoms with van der Waals surface area (Å²) in [5, 5.41) is 24.2. The van der Waals surface area contributed by atoms with Gasteiger partial charge in [-0.3, -0.25) is 4.79 Å². The minimum absolute atomic E-state index is 0.00271. The molecule has 3 aromatic heterocycles. The van der Waals surface area contributed by atoms with Crippen LogP contribution in [0.2, 0.25) is 0 Å². The predicted molar refractivity (Wildman–Crippen MR) is 145 cm³/mol. The maximum atomic E-state index is 13.9. The summed E-state index contributed by atoms with van der Waals surface area (Å²) in [4.78, 5) is 24.6. The van der Waals surface area contributed by atoms with E-state index < -0.39 is 29.7 Å².